The number of benzene rings is 3. The first kappa shape index (κ1) is 21.5. The SMILES string of the molecule is OB(O)O.[Li][CH2]CCC(c1ccccc1)(c1ccccc1)c1ccccc1. The Morgan fingerprint density at radius 3 is 1.19 bits per heavy atom. The van der Waals surface area contributed by atoms with Crippen LogP contribution in [-0.4, -0.2) is 40.1 Å². The fraction of sp³-hybridized carbons (Fsp3) is 0.182. The van der Waals surface area contributed by atoms with Gasteiger partial charge in [0, 0.05) is 0 Å². The van der Waals surface area contributed by atoms with Crippen LogP contribution in [0.5, 0.6) is 0 Å². The molecular formula is C22H24BLiO3. The second-order valence-corrected chi connectivity index (χ2v) is 6.45. The summed E-state index contributed by atoms with van der Waals surface area (Å²) in [5.41, 5.74) is 4.07. The van der Waals surface area contributed by atoms with Crippen molar-refractivity contribution in [2.45, 2.75) is 23.4 Å². The molecule has 0 bridgehead atoms. The van der Waals surface area contributed by atoms with E-state index in [0.717, 1.165) is 6.42 Å². The average Bonchev–Trinajstić information content (AvgIpc) is 2.71. The van der Waals surface area contributed by atoms with Crippen LogP contribution in [0.15, 0.2) is 91.0 Å². The Morgan fingerprint density at radius 2 is 0.926 bits per heavy atom. The fourth-order valence-corrected chi connectivity index (χ4v) is 3.54. The molecule has 0 amide bonds. The number of hydrogen-bond acceptors (Lipinski definition) is 3. The van der Waals surface area contributed by atoms with Crippen molar-refractivity contribution in [3.05, 3.63) is 108 Å². The minimum atomic E-state index is -2.17. The first-order valence-electron chi connectivity index (χ1n) is 9.32. The van der Waals surface area contributed by atoms with Crippen molar-refractivity contribution in [3.8, 4) is 0 Å². The van der Waals surface area contributed by atoms with E-state index in [2.05, 4.69) is 109 Å². The van der Waals surface area contributed by atoms with E-state index < -0.39 is 7.32 Å². The molecule has 3 nitrogen and oxygen atoms in total. The van der Waals surface area contributed by atoms with Gasteiger partial charge in [0.15, 0.2) is 0 Å². The van der Waals surface area contributed by atoms with Crippen LogP contribution < -0.4 is 0 Å². The van der Waals surface area contributed by atoms with Crippen LogP contribution in [0.2, 0.25) is 5.09 Å². The third-order valence-corrected chi connectivity index (χ3v) is 4.71. The summed E-state index contributed by atoms with van der Waals surface area (Å²) in [6.07, 6.45) is 2.33. The Morgan fingerprint density at radius 1 is 0.630 bits per heavy atom. The number of hydrogen-bond donors (Lipinski definition) is 3. The average molecular weight is 354 g/mol. The molecule has 27 heavy (non-hydrogen) atoms. The van der Waals surface area contributed by atoms with Gasteiger partial charge in [-0.1, -0.05) is 0 Å². The zero-order valence-electron chi connectivity index (χ0n) is 15.7. The normalized spacial score (nSPS) is 10.7. The molecule has 0 unspecified atom stereocenters. The molecule has 0 saturated heterocycles. The van der Waals surface area contributed by atoms with Gasteiger partial charge in [0.25, 0.3) is 0 Å². The van der Waals surface area contributed by atoms with Gasteiger partial charge in [-0.2, -0.15) is 0 Å². The molecule has 0 saturated carbocycles. The first-order valence-corrected chi connectivity index (χ1v) is 9.32. The molecule has 0 aliphatic carbocycles. The maximum atomic E-state index is 7.17. The molecule has 5 heteroatoms. The molecule has 0 spiro atoms. The minimum absolute atomic E-state index is 0.0697. The summed E-state index contributed by atoms with van der Waals surface area (Å²) in [6, 6.07) is 32.9. The van der Waals surface area contributed by atoms with Gasteiger partial charge in [-0.25, -0.2) is 0 Å². The van der Waals surface area contributed by atoms with Crippen molar-refractivity contribution in [1.29, 1.82) is 0 Å². The number of rotatable bonds is 6. The van der Waals surface area contributed by atoms with Gasteiger partial charge < -0.3 is 15.1 Å². The zero-order valence-corrected chi connectivity index (χ0v) is 15.7. The van der Waals surface area contributed by atoms with E-state index in [1.165, 1.54) is 28.2 Å². The van der Waals surface area contributed by atoms with Gasteiger partial charge in [-0.15, -0.1) is 0 Å². The Balaban J connectivity index is 0.000000596. The second kappa shape index (κ2) is 11.1. The fourth-order valence-electron chi connectivity index (χ4n) is 3.54. The summed E-state index contributed by atoms with van der Waals surface area (Å²) in [6.45, 7) is 0. The molecule has 3 N–H and O–H groups in total. The summed E-state index contributed by atoms with van der Waals surface area (Å²) in [5, 5.41) is 22.7. The van der Waals surface area contributed by atoms with Crippen molar-refractivity contribution in [3.63, 3.8) is 0 Å². The molecule has 0 atom stereocenters. The molecule has 0 fully saturated rings. The van der Waals surface area contributed by atoms with Gasteiger partial charge in [0.1, 0.15) is 0 Å². The van der Waals surface area contributed by atoms with Gasteiger partial charge in [0.2, 0.25) is 0 Å². The third kappa shape index (κ3) is 5.84. The van der Waals surface area contributed by atoms with Crippen molar-refractivity contribution < 1.29 is 15.1 Å². The van der Waals surface area contributed by atoms with Crippen LogP contribution in [0.4, 0.5) is 0 Å². The monoisotopic (exact) mass is 354 g/mol. The van der Waals surface area contributed by atoms with E-state index in [0.29, 0.717) is 0 Å². The van der Waals surface area contributed by atoms with E-state index in [4.69, 9.17) is 15.1 Å². The van der Waals surface area contributed by atoms with Crippen LogP contribution in [0.25, 0.3) is 0 Å². The van der Waals surface area contributed by atoms with E-state index in [1.54, 1.807) is 0 Å². The summed E-state index contributed by atoms with van der Waals surface area (Å²) in [4.78, 5) is 0. The van der Waals surface area contributed by atoms with Gasteiger partial charge in [-0.3, -0.25) is 0 Å². The van der Waals surface area contributed by atoms with Crippen LogP contribution in [0.3, 0.4) is 0 Å². The molecule has 0 radical (unpaired) electrons. The Hall–Kier alpha value is -1.80. The Bertz CT molecular complexity index is 668. The van der Waals surface area contributed by atoms with E-state index in [9.17, 15) is 0 Å². The molecule has 0 aliphatic heterocycles. The topological polar surface area (TPSA) is 60.7 Å². The van der Waals surface area contributed by atoms with Gasteiger partial charge in [-0.05, 0) is 0 Å². The molecule has 3 aromatic rings. The van der Waals surface area contributed by atoms with Gasteiger partial charge >= 0.3 is 156 Å². The van der Waals surface area contributed by atoms with E-state index in [-0.39, 0.29) is 5.41 Å². The van der Waals surface area contributed by atoms with E-state index in [1.807, 2.05) is 0 Å². The van der Waals surface area contributed by atoms with Crippen LogP contribution in [0.1, 0.15) is 29.5 Å². The van der Waals surface area contributed by atoms with Crippen molar-refractivity contribution in [1.82, 2.24) is 0 Å². The first-order chi connectivity index (χ1) is 13.1. The molecule has 0 aliphatic rings. The summed E-state index contributed by atoms with van der Waals surface area (Å²) in [7, 11) is -2.17. The molecule has 134 valence electrons. The molecular weight excluding hydrogens is 330 g/mol. The predicted octanol–water partition coefficient (Wildman–Crippen LogP) is 3.34. The summed E-state index contributed by atoms with van der Waals surface area (Å²) in [5.74, 6) is 0. The quantitative estimate of drug-likeness (QED) is 0.470. The molecule has 0 aromatic heterocycles. The molecule has 3 aromatic carbocycles. The summed E-state index contributed by atoms with van der Waals surface area (Å²) >= 11 is 2.27. The van der Waals surface area contributed by atoms with Crippen LogP contribution in [-0.2, 0) is 5.41 Å². The summed E-state index contributed by atoms with van der Waals surface area (Å²) < 4.78 is 0. The Kier molecular flexibility index (Phi) is 8.87. The van der Waals surface area contributed by atoms with Crippen molar-refractivity contribution in [2.75, 3.05) is 0 Å². The van der Waals surface area contributed by atoms with Gasteiger partial charge in [0.05, 0.1) is 0 Å². The standard InChI is InChI=1S/C22H21.BH3O3.Li/c1-2-18-22(19-12-6-3-7-13-19,20-14-8-4-9-15-20)21-16-10-5-11-17-21;2-1(3)4;/h3-17H,1-2,18H2;2-4H;. The second-order valence-electron chi connectivity index (χ2n) is 6.45. The molecule has 3 rings (SSSR count). The Labute approximate surface area is 171 Å². The van der Waals surface area contributed by atoms with Crippen molar-refractivity contribution in [2.24, 2.45) is 0 Å². The van der Waals surface area contributed by atoms with Crippen LogP contribution in [0, 0.1) is 0 Å². The van der Waals surface area contributed by atoms with Crippen LogP contribution >= 0.6 is 0 Å². The molecule has 0 heterocycles. The third-order valence-electron chi connectivity index (χ3n) is 4.71. The zero-order chi connectivity index (χ0) is 19.5. The van der Waals surface area contributed by atoms with E-state index >= 15 is 0 Å². The van der Waals surface area contributed by atoms with Crippen molar-refractivity contribution >= 4 is 25.0 Å². The maximum absolute atomic E-state index is 7.17. The predicted molar refractivity (Wildman–Crippen MR) is 111 cm³/mol.